The van der Waals surface area contributed by atoms with E-state index in [0.29, 0.717) is 39.1 Å². The van der Waals surface area contributed by atoms with Gasteiger partial charge in [0.15, 0.2) is 0 Å². The van der Waals surface area contributed by atoms with Gasteiger partial charge >= 0.3 is 6.18 Å². The maximum absolute atomic E-state index is 12.8. The van der Waals surface area contributed by atoms with E-state index < -0.39 is 17.6 Å². The molecule has 9 heteroatoms. The topological polar surface area (TPSA) is 66.6 Å². The molecule has 0 aromatic heterocycles. The summed E-state index contributed by atoms with van der Waals surface area (Å²) in [7, 11) is 0. The van der Waals surface area contributed by atoms with Gasteiger partial charge in [-0.25, -0.2) is 0 Å². The second-order valence-corrected chi connectivity index (χ2v) is 6.70. The quantitative estimate of drug-likeness (QED) is 0.687. The van der Waals surface area contributed by atoms with E-state index in [1.165, 1.54) is 17.0 Å². The van der Waals surface area contributed by atoms with E-state index >= 15 is 0 Å². The van der Waals surface area contributed by atoms with Crippen LogP contribution >= 0.6 is 12.4 Å². The van der Waals surface area contributed by atoms with Gasteiger partial charge in [0.1, 0.15) is 0 Å². The molecule has 0 atom stereocenters. The van der Waals surface area contributed by atoms with E-state index in [0.717, 1.165) is 37.8 Å². The molecule has 5 nitrogen and oxygen atoms in total. The predicted octanol–water partition coefficient (Wildman–Crippen LogP) is 3.32. The summed E-state index contributed by atoms with van der Waals surface area (Å²) < 4.78 is 38.4. The number of alkyl halides is 3. The summed E-state index contributed by atoms with van der Waals surface area (Å²) >= 11 is 0. The average Bonchev–Trinajstić information content (AvgIpc) is 2.66. The number of hydrogen-bond donors (Lipinski definition) is 1. The molecule has 1 heterocycles. The van der Waals surface area contributed by atoms with Gasteiger partial charge in [-0.1, -0.05) is 18.9 Å². The molecule has 1 aromatic rings. The fraction of sp³-hybridized carbons (Fsp3) is 0.579. The van der Waals surface area contributed by atoms with Crippen molar-refractivity contribution in [3.63, 3.8) is 0 Å². The molecule has 1 saturated heterocycles. The Balaban J connectivity index is 0.00000392. The lowest BCUT2D eigenvalue weighted by Crippen LogP contribution is -2.50. The van der Waals surface area contributed by atoms with Crippen LogP contribution in [-0.2, 0) is 11.0 Å². The molecular formula is C19H27ClF3N3O2. The minimum absolute atomic E-state index is 0. The number of carbonyl (C=O) groups is 2. The second-order valence-electron chi connectivity index (χ2n) is 6.70. The van der Waals surface area contributed by atoms with Crippen LogP contribution in [0.1, 0.15) is 48.0 Å². The van der Waals surface area contributed by atoms with E-state index in [1.54, 1.807) is 4.90 Å². The van der Waals surface area contributed by atoms with Gasteiger partial charge in [0.2, 0.25) is 5.91 Å². The van der Waals surface area contributed by atoms with Gasteiger partial charge in [-0.05, 0) is 37.6 Å². The molecule has 2 amide bonds. The van der Waals surface area contributed by atoms with Crippen molar-refractivity contribution in [3.8, 4) is 0 Å². The monoisotopic (exact) mass is 421 g/mol. The lowest BCUT2D eigenvalue weighted by molar-refractivity contribution is -0.137. The zero-order valence-corrected chi connectivity index (χ0v) is 16.5. The summed E-state index contributed by atoms with van der Waals surface area (Å²) in [6.07, 6.45) is -0.232. The summed E-state index contributed by atoms with van der Waals surface area (Å²) in [5.74, 6) is -0.371. The SMILES string of the molecule is Cl.NCCCCCCC(=O)N1CCN(C(=O)c2cccc(C(F)(F)F)c2)CC1. The van der Waals surface area contributed by atoms with Gasteiger partial charge < -0.3 is 15.5 Å². The fourth-order valence-electron chi connectivity index (χ4n) is 3.10. The molecule has 1 aromatic carbocycles. The third kappa shape index (κ3) is 6.98. The maximum Gasteiger partial charge on any atom is 0.416 e. The number of unbranched alkanes of at least 4 members (excludes halogenated alkanes) is 3. The van der Waals surface area contributed by atoms with Gasteiger partial charge in [-0.2, -0.15) is 13.2 Å². The predicted molar refractivity (Wildman–Crippen MR) is 103 cm³/mol. The van der Waals surface area contributed by atoms with Crippen LogP contribution in [0.4, 0.5) is 13.2 Å². The molecule has 0 radical (unpaired) electrons. The maximum atomic E-state index is 12.8. The van der Waals surface area contributed by atoms with Crippen LogP contribution in [0, 0.1) is 0 Å². The van der Waals surface area contributed by atoms with E-state index in [-0.39, 0.29) is 23.9 Å². The molecule has 1 fully saturated rings. The number of hydrogen-bond acceptors (Lipinski definition) is 3. The number of nitrogens with two attached hydrogens (primary N) is 1. The van der Waals surface area contributed by atoms with Crippen LogP contribution in [0.25, 0.3) is 0 Å². The second kappa shape index (κ2) is 11.3. The van der Waals surface area contributed by atoms with Gasteiger partial charge in [-0.15, -0.1) is 12.4 Å². The summed E-state index contributed by atoms with van der Waals surface area (Å²) in [6.45, 7) is 2.14. The van der Waals surface area contributed by atoms with Crippen molar-refractivity contribution < 1.29 is 22.8 Å². The molecule has 0 unspecified atom stereocenters. The van der Waals surface area contributed by atoms with Crippen LogP contribution in [0.3, 0.4) is 0 Å². The summed E-state index contributed by atoms with van der Waals surface area (Å²) in [5.41, 5.74) is 4.62. The minimum Gasteiger partial charge on any atom is -0.339 e. The first kappa shape index (κ1) is 24.2. The third-order valence-electron chi connectivity index (χ3n) is 4.70. The standard InChI is InChI=1S/C19H26F3N3O2.ClH/c20-19(21,22)16-7-5-6-15(14-16)18(27)25-12-10-24(11-13-25)17(26)8-3-1-2-4-9-23;/h5-7,14H,1-4,8-13,23H2;1H. The smallest absolute Gasteiger partial charge is 0.339 e. The van der Waals surface area contributed by atoms with Crippen LogP contribution in [-0.4, -0.2) is 54.3 Å². The molecular weight excluding hydrogens is 395 g/mol. The first-order valence-corrected chi connectivity index (χ1v) is 9.27. The lowest BCUT2D eigenvalue weighted by atomic mass is 10.1. The molecule has 2 rings (SSSR count). The zero-order valence-electron chi connectivity index (χ0n) is 15.7. The summed E-state index contributed by atoms with van der Waals surface area (Å²) in [4.78, 5) is 27.9. The number of halogens is 4. The lowest BCUT2D eigenvalue weighted by Gasteiger charge is -2.35. The van der Waals surface area contributed by atoms with E-state index in [1.807, 2.05) is 0 Å². The van der Waals surface area contributed by atoms with Crippen molar-refractivity contribution in [1.82, 2.24) is 9.80 Å². The summed E-state index contributed by atoms with van der Waals surface area (Å²) in [6, 6.07) is 4.44. The van der Waals surface area contributed by atoms with Crippen LogP contribution < -0.4 is 5.73 Å². The molecule has 158 valence electrons. The highest BCUT2D eigenvalue weighted by Crippen LogP contribution is 2.29. The largest absolute Gasteiger partial charge is 0.416 e. The number of amides is 2. The normalized spacial score (nSPS) is 14.6. The number of benzene rings is 1. The molecule has 2 N–H and O–H groups in total. The number of nitrogens with zero attached hydrogens (tertiary/aromatic N) is 2. The Morgan fingerprint density at radius 1 is 0.964 bits per heavy atom. The third-order valence-corrected chi connectivity index (χ3v) is 4.70. The highest BCUT2D eigenvalue weighted by molar-refractivity contribution is 5.94. The molecule has 0 saturated carbocycles. The van der Waals surface area contributed by atoms with Crippen molar-refractivity contribution >= 4 is 24.2 Å². The molecule has 0 spiro atoms. The van der Waals surface area contributed by atoms with Crippen LogP contribution in [0.5, 0.6) is 0 Å². The molecule has 0 aliphatic carbocycles. The van der Waals surface area contributed by atoms with Gasteiger partial charge in [0.25, 0.3) is 5.91 Å². The average molecular weight is 422 g/mol. The molecule has 0 bridgehead atoms. The Kier molecular flexibility index (Phi) is 9.75. The van der Waals surface area contributed by atoms with Gasteiger partial charge in [0, 0.05) is 38.2 Å². The van der Waals surface area contributed by atoms with Crippen molar-refractivity contribution in [2.45, 2.75) is 38.3 Å². The Morgan fingerprint density at radius 2 is 1.57 bits per heavy atom. The first-order chi connectivity index (χ1) is 12.8. The number of rotatable bonds is 7. The molecule has 1 aliphatic rings. The van der Waals surface area contributed by atoms with Crippen molar-refractivity contribution in [2.75, 3.05) is 32.7 Å². The van der Waals surface area contributed by atoms with Gasteiger partial charge in [0.05, 0.1) is 5.56 Å². The van der Waals surface area contributed by atoms with E-state index in [9.17, 15) is 22.8 Å². The molecule has 28 heavy (non-hydrogen) atoms. The Labute approximate surface area is 169 Å². The van der Waals surface area contributed by atoms with E-state index in [4.69, 9.17) is 5.73 Å². The highest BCUT2D eigenvalue weighted by Gasteiger charge is 2.32. The number of carbonyl (C=O) groups excluding carboxylic acids is 2. The Hall–Kier alpha value is -1.80. The van der Waals surface area contributed by atoms with Crippen molar-refractivity contribution in [3.05, 3.63) is 35.4 Å². The minimum atomic E-state index is -4.48. The molecule has 1 aliphatic heterocycles. The first-order valence-electron chi connectivity index (χ1n) is 9.27. The van der Waals surface area contributed by atoms with Crippen molar-refractivity contribution in [1.29, 1.82) is 0 Å². The Bertz CT molecular complexity index is 648. The number of piperazine rings is 1. The zero-order chi connectivity index (χ0) is 19.9. The Morgan fingerprint density at radius 3 is 2.18 bits per heavy atom. The van der Waals surface area contributed by atoms with E-state index in [2.05, 4.69) is 0 Å². The van der Waals surface area contributed by atoms with Crippen LogP contribution in [0.15, 0.2) is 24.3 Å². The van der Waals surface area contributed by atoms with Crippen LogP contribution in [0.2, 0.25) is 0 Å². The fourth-order valence-corrected chi connectivity index (χ4v) is 3.10. The summed E-state index contributed by atoms with van der Waals surface area (Å²) in [5, 5.41) is 0. The van der Waals surface area contributed by atoms with Gasteiger partial charge in [-0.3, -0.25) is 9.59 Å². The highest BCUT2D eigenvalue weighted by atomic mass is 35.5. The van der Waals surface area contributed by atoms with Crippen molar-refractivity contribution in [2.24, 2.45) is 5.73 Å².